The number of hydrogen-bond donors (Lipinski definition) is 1. The first kappa shape index (κ1) is 36.9. The third kappa shape index (κ3) is 11.6. The zero-order valence-electron chi connectivity index (χ0n) is 29.5. The number of rotatable bonds is 20. The topological polar surface area (TPSA) is 40.5 Å². The van der Waals surface area contributed by atoms with Crippen LogP contribution in [0.4, 0.5) is 0 Å². The summed E-state index contributed by atoms with van der Waals surface area (Å²) < 4.78 is 0. The lowest BCUT2D eigenvalue weighted by Crippen LogP contribution is -2.33. The lowest BCUT2D eigenvalue weighted by Gasteiger charge is -2.25. The van der Waals surface area contributed by atoms with Crippen LogP contribution in [0.5, 0.6) is 5.75 Å². The lowest BCUT2D eigenvalue weighted by atomic mass is 9.82. The highest BCUT2D eigenvalue weighted by Gasteiger charge is 2.23. The van der Waals surface area contributed by atoms with E-state index in [0.29, 0.717) is 23.3 Å². The average molecular weight is 592 g/mol. The van der Waals surface area contributed by atoms with Crippen LogP contribution in [0.2, 0.25) is 0 Å². The van der Waals surface area contributed by atoms with E-state index in [-0.39, 0.29) is 11.7 Å². The minimum absolute atomic E-state index is 0.00659. The van der Waals surface area contributed by atoms with Crippen molar-refractivity contribution in [2.75, 3.05) is 13.1 Å². The number of phenolic OH excluding ortho intramolecular Hbond substituents is 1. The second-order valence-corrected chi connectivity index (χ2v) is 14.0. The molecular formula is C40H65NO2. The number of phenols is 1. The van der Waals surface area contributed by atoms with Gasteiger partial charge in [0.15, 0.2) is 0 Å². The van der Waals surface area contributed by atoms with Crippen molar-refractivity contribution in [3.05, 3.63) is 63.2 Å². The fraction of sp³-hybridized carbons (Fsp3) is 0.675. The van der Waals surface area contributed by atoms with Crippen molar-refractivity contribution < 1.29 is 9.90 Å². The van der Waals surface area contributed by atoms with Crippen LogP contribution in [0, 0.1) is 6.92 Å². The van der Waals surface area contributed by atoms with E-state index in [1.807, 2.05) is 17.9 Å². The Hall–Kier alpha value is -2.29. The summed E-state index contributed by atoms with van der Waals surface area (Å²) >= 11 is 0. The van der Waals surface area contributed by atoms with Crippen molar-refractivity contribution in [3.63, 3.8) is 0 Å². The molecular weight excluding hydrogens is 526 g/mol. The molecule has 3 heteroatoms. The molecule has 0 saturated carbocycles. The van der Waals surface area contributed by atoms with Gasteiger partial charge in [0, 0.05) is 13.1 Å². The fourth-order valence-electron chi connectivity index (χ4n) is 6.28. The molecule has 0 unspecified atom stereocenters. The maximum atomic E-state index is 14.1. The van der Waals surface area contributed by atoms with Gasteiger partial charge in [-0.1, -0.05) is 138 Å². The van der Waals surface area contributed by atoms with Gasteiger partial charge in [-0.05, 0) is 83.4 Å². The van der Waals surface area contributed by atoms with Crippen LogP contribution in [-0.2, 0) is 6.42 Å². The van der Waals surface area contributed by atoms with E-state index in [9.17, 15) is 9.90 Å². The van der Waals surface area contributed by atoms with Crippen LogP contribution >= 0.6 is 0 Å². The van der Waals surface area contributed by atoms with E-state index >= 15 is 0 Å². The molecule has 2 rings (SSSR count). The second-order valence-electron chi connectivity index (χ2n) is 14.0. The third-order valence-electron chi connectivity index (χ3n) is 9.07. The Bertz CT molecular complexity index is 1070. The molecule has 2 aromatic rings. The van der Waals surface area contributed by atoms with E-state index in [1.54, 1.807) is 0 Å². The Balaban J connectivity index is 2.38. The van der Waals surface area contributed by atoms with Gasteiger partial charge in [-0.3, -0.25) is 4.79 Å². The molecule has 0 aromatic heterocycles. The molecule has 43 heavy (non-hydrogen) atoms. The van der Waals surface area contributed by atoms with E-state index in [0.717, 1.165) is 56.3 Å². The Morgan fingerprint density at radius 3 is 1.58 bits per heavy atom. The van der Waals surface area contributed by atoms with Crippen molar-refractivity contribution in [2.45, 2.75) is 164 Å². The molecule has 0 radical (unpaired) electrons. The minimum atomic E-state index is -0.00659. The molecule has 1 N–H and O–H groups in total. The molecule has 0 aliphatic carbocycles. The van der Waals surface area contributed by atoms with Crippen LogP contribution in [-0.4, -0.2) is 29.0 Å². The van der Waals surface area contributed by atoms with Gasteiger partial charge in [0.05, 0.1) is 5.56 Å². The molecule has 0 fully saturated rings. The van der Waals surface area contributed by atoms with Crippen LogP contribution in [0.3, 0.4) is 0 Å². The Labute approximate surface area is 265 Å². The second kappa shape index (κ2) is 19.2. The zero-order chi connectivity index (χ0) is 31.9. The standard InChI is InChI=1S/C40H65NO2/c1-10-12-14-16-18-20-22-41(23-21-19-17-15-13-11-2)40(43)38-26-33(24-32(9)39(38)42)25-37-35(30(5)6)27-34(29(3)4)28-36(37)31(7)8/h24,26-31,42H,10-23,25H2,1-9H3. The Morgan fingerprint density at radius 2 is 1.14 bits per heavy atom. The molecule has 0 spiro atoms. The molecule has 0 aliphatic rings. The molecule has 0 aliphatic heterocycles. The predicted molar refractivity (Wildman–Crippen MR) is 187 cm³/mol. The van der Waals surface area contributed by atoms with Gasteiger partial charge in [-0.25, -0.2) is 0 Å². The number of benzene rings is 2. The smallest absolute Gasteiger partial charge is 0.257 e. The number of amides is 1. The third-order valence-corrected chi connectivity index (χ3v) is 9.07. The molecule has 242 valence electrons. The lowest BCUT2D eigenvalue weighted by molar-refractivity contribution is 0.0746. The highest BCUT2D eigenvalue weighted by molar-refractivity contribution is 5.97. The average Bonchev–Trinajstić information content (AvgIpc) is 2.96. The summed E-state index contributed by atoms with van der Waals surface area (Å²) in [6, 6.07) is 8.88. The summed E-state index contributed by atoms with van der Waals surface area (Å²) in [6.45, 7) is 21.7. The van der Waals surface area contributed by atoms with E-state index in [2.05, 4.69) is 73.6 Å². The summed E-state index contributed by atoms with van der Waals surface area (Å²) in [5.74, 6) is 1.45. The quantitative estimate of drug-likeness (QED) is 0.156. The normalized spacial score (nSPS) is 11.7. The monoisotopic (exact) mass is 592 g/mol. The van der Waals surface area contributed by atoms with Gasteiger partial charge in [0.2, 0.25) is 0 Å². The SMILES string of the molecule is CCCCCCCCN(CCCCCCCC)C(=O)c1cc(Cc2c(C(C)C)cc(C(C)C)cc2C(C)C)cc(C)c1O. The van der Waals surface area contributed by atoms with Crippen LogP contribution < -0.4 is 0 Å². The summed E-state index contributed by atoms with van der Waals surface area (Å²) in [6.07, 6.45) is 15.2. The van der Waals surface area contributed by atoms with Gasteiger partial charge in [-0.15, -0.1) is 0 Å². The van der Waals surface area contributed by atoms with Gasteiger partial charge in [0.25, 0.3) is 5.91 Å². The van der Waals surface area contributed by atoms with Gasteiger partial charge in [0.1, 0.15) is 5.75 Å². The van der Waals surface area contributed by atoms with Crippen molar-refractivity contribution in [1.82, 2.24) is 4.90 Å². The largest absolute Gasteiger partial charge is 0.507 e. The van der Waals surface area contributed by atoms with Crippen molar-refractivity contribution in [1.29, 1.82) is 0 Å². The molecule has 0 saturated heterocycles. The molecule has 2 aromatic carbocycles. The molecule has 0 heterocycles. The van der Waals surface area contributed by atoms with Gasteiger partial charge in [-0.2, -0.15) is 0 Å². The number of hydrogen-bond acceptors (Lipinski definition) is 2. The molecule has 0 atom stereocenters. The first-order valence-electron chi connectivity index (χ1n) is 17.8. The van der Waals surface area contributed by atoms with E-state index in [4.69, 9.17) is 0 Å². The summed E-state index contributed by atoms with van der Waals surface area (Å²) in [5.41, 5.74) is 7.96. The minimum Gasteiger partial charge on any atom is -0.507 e. The molecule has 1 amide bonds. The number of nitrogens with zero attached hydrogens (tertiary/aromatic N) is 1. The molecule has 0 bridgehead atoms. The zero-order valence-corrected chi connectivity index (χ0v) is 29.5. The first-order valence-corrected chi connectivity index (χ1v) is 17.8. The van der Waals surface area contributed by atoms with E-state index < -0.39 is 0 Å². The Morgan fingerprint density at radius 1 is 0.674 bits per heavy atom. The van der Waals surface area contributed by atoms with Crippen molar-refractivity contribution >= 4 is 5.91 Å². The fourth-order valence-corrected chi connectivity index (χ4v) is 6.28. The van der Waals surface area contributed by atoms with Crippen LogP contribution in [0.15, 0.2) is 24.3 Å². The van der Waals surface area contributed by atoms with Gasteiger partial charge < -0.3 is 10.0 Å². The highest BCUT2D eigenvalue weighted by Crippen LogP contribution is 2.35. The highest BCUT2D eigenvalue weighted by atomic mass is 16.3. The summed E-state index contributed by atoms with van der Waals surface area (Å²) in [4.78, 5) is 16.1. The number of aromatic hydroxyl groups is 1. The summed E-state index contributed by atoms with van der Waals surface area (Å²) in [5, 5.41) is 11.2. The number of carbonyl (C=O) groups excluding carboxylic acids is 1. The van der Waals surface area contributed by atoms with Crippen LogP contribution in [0.1, 0.15) is 194 Å². The number of carbonyl (C=O) groups is 1. The van der Waals surface area contributed by atoms with E-state index in [1.165, 1.54) is 73.6 Å². The Kier molecular flexibility index (Phi) is 16.5. The number of unbranched alkanes of at least 4 members (excludes halogenated alkanes) is 10. The van der Waals surface area contributed by atoms with Crippen molar-refractivity contribution in [3.8, 4) is 5.75 Å². The predicted octanol–water partition coefficient (Wildman–Crippen LogP) is 11.8. The maximum Gasteiger partial charge on any atom is 0.257 e. The molecule has 3 nitrogen and oxygen atoms in total. The maximum absolute atomic E-state index is 14.1. The van der Waals surface area contributed by atoms with Crippen LogP contribution in [0.25, 0.3) is 0 Å². The number of aryl methyl sites for hydroxylation is 1. The first-order chi connectivity index (χ1) is 20.5. The van der Waals surface area contributed by atoms with Gasteiger partial charge >= 0.3 is 0 Å². The summed E-state index contributed by atoms with van der Waals surface area (Å²) in [7, 11) is 0. The van der Waals surface area contributed by atoms with Crippen molar-refractivity contribution in [2.24, 2.45) is 0 Å².